The number of anilines is 1. The number of benzene rings is 2. The van der Waals surface area contributed by atoms with Gasteiger partial charge < -0.3 is 15.0 Å². The minimum absolute atomic E-state index is 0.0834. The van der Waals surface area contributed by atoms with E-state index in [1.807, 2.05) is 0 Å². The highest BCUT2D eigenvalue weighted by Gasteiger charge is 2.27. The van der Waals surface area contributed by atoms with Gasteiger partial charge in [-0.1, -0.05) is 11.3 Å². The standard InChI is InChI=1S/C21H17F2N3O2S/c22-11-1-4-17-14(7-11)15-9-13(3-5-18(15)26(17)10-20(27)28)24-21-25-16-8-12(23)2-6-19(16)29-21/h1-2,4,6-8,13H,3,5,9-10H2,(H,24,25)(H,27,28). The van der Waals surface area contributed by atoms with Crippen molar-refractivity contribution in [1.82, 2.24) is 9.55 Å². The van der Waals surface area contributed by atoms with Gasteiger partial charge in [0.05, 0.1) is 10.2 Å². The van der Waals surface area contributed by atoms with Crippen molar-refractivity contribution in [3.63, 3.8) is 0 Å². The van der Waals surface area contributed by atoms with Gasteiger partial charge in [-0.05, 0) is 55.2 Å². The number of nitrogens with zero attached hydrogens (tertiary/aromatic N) is 2. The zero-order valence-corrected chi connectivity index (χ0v) is 16.1. The maximum absolute atomic E-state index is 13.9. The van der Waals surface area contributed by atoms with Gasteiger partial charge in [0.25, 0.3) is 0 Å². The Bertz CT molecular complexity index is 1260. The minimum atomic E-state index is -0.920. The summed E-state index contributed by atoms with van der Waals surface area (Å²) in [4.78, 5) is 15.8. The Hall–Kier alpha value is -3.00. The normalized spacial score (nSPS) is 16.3. The number of hydrogen-bond acceptors (Lipinski definition) is 4. The molecule has 2 N–H and O–H groups in total. The number of carboxylic acid groups (broad SMARTS) is 1. The second kappa shape index (κ2) is 6.81. The van der Waals surface area contributed by atoms with Crippen LogP contribution in [0, 0.1) is 11.6 Å². The van der Waals surface area contributed by atoms with Gasteiger partial charge in [0.1, 0.15) is 18.2 Å². The van der Waals surface area contributed by atoms with Gasteiger partial charge in [0.2, 0.25) is 0 Å². The molecule has 2 heterocycles. The fourth-order valence-corrected chi connectivity index (χ4v) is 5.12. The first kappa shape index (κ1) is 18.1. The second-order valence-corrected chi connectivity index (χ2v) is 8.31. The van der Waals surface area contributed by atoms with E-state index in [1.54, 1.807) is 16.7 Å². The first-order valence-corrected chi connectivity index (χ1v) is 10.1. The van der Waals surface area contributed by atoms with Crippen LogP contribution in [0.15, 0.2) is 36.4 Å². The number of carbonyl (C=O) groups is 1. The van der Waals surface area contributed by atoms with Gasteiger partial charge in [-0.3, -0.25) is 4.79 Å². The molecular weight excluding hydrogens is 396 g/mol. The van der Waals surface area contributed by atoms with E-state index >= 15 is 0 Å². The number of nitrogens with one attached hydrogen (secondary N) is 1. The Balaban J connectivity index is 1.48. The molecule has 5 nitrogen and oxygen atoms in total. The molecule has 1 unspecified atom stereocenters. The average Bonchev–Trinajstić information content (AvgIpc) is 3.19. The summed E-state index contributed by atoms with van der Waals surface area (Å²) in [5.41, 5.74) is 3.30. The van der Waals surface area contributed by atoms with Crippen molar-refractivity contribution >= 4 is 43.6 Å². The van der Waals surface area contributed by atoms with Crippen molar-refractivity contribution < 1.29 is 18.7 Å². The van der Waals surface area contributed by atoms with Crippen LogP contribution in [0.5, 0.6) is 0 Å². The molecule has 2 aromatic heterocycles. The van der Waals surface area contributed by atoms with Crippen LogP contribution in [0.4, 0.5) is 13.9 Å². The molecule has 29 heavy (non-hydrogen) atoms. The summed E-state index contributed by atoms with van der Waals surface area (Å²) >= 11 is 1.47. The summed E-state index contributed by atoms with van der Waals surface area (Å²) < 4.78 is 30.0. The highest BCUT2D eigenvalue weighted by molar-refractivity contribution is 7.22. The molecule has 0 bridgehead atoms. The van der Waals surface area contributed by atoms with Crippen LogP contribution in [0.1, 0.15) is 17.7 Å². The molecule has 1 aliphatic carbocycles. The van der Waals surface area contributed by atoms with E-state index in [4.69, 9.17) is 0 Å². The van der Waals surface area contributed by atoms with E-state index in [9.17, 15) is 18.7 Å². The first-order valence-electron chi connectivity index (χ1n) is 9.32. The van der Waals surface area contributed by atoms with Crippen LogP contribution < -0.4 is 5.32 Å². The van der Waals surface area contributed by atoms with Gasteiger partial charge in [0.15, 0.2) is 5.13 Å². The number of hydrogen-bond donors (Lipinski definition) is 2. The molecule has 1 aliphatic rings. The van der Waals surface area contributed by atoms with Crippen LogP contribution >= 0.6 is 11.3 Å². The van der Waals surface area contributed by atoms with Crippen molar-refractivity contribution in [1.29, 1.82) is 0 Å². The van der Waals surface area contributed by atoms with Crippen LogP contribution in [0.25, 0.3) is 21.1 Å². The van der Waals surface area contributed by atoms with E-state index in [2.05, 4.69) is 10.3 Å². The molecule has 5 rings (SSSR count). The molecule has 0 spiro atoms. The Morgan fingerprint density at radius 2 is 2.03 bits per heavy atom. The lowest BCUT2D eigenvalue weighted by molar-refractivity contribution is -0.137. The Morgan fingerprint density at radius 3 is 2.86 bits per heavy atom. The summed E-state index contributed by atoms with van der Waals surface area (Å²) in [6.45, 7) is -0.140. The molecule has 148 valence electrons. The van der Waals surface area contributed by atoms with Gasteiger partial charge in [-0.25, -0.2) is 13.8 Å². The van der Waals surface area contributed by atoms with Crippen LogP contribution in [0.2, 0.25) is 0 Å². The quantitative estimate of drug-likeness (QED) is 0.514. The summed E-state index contributed by atoms with van der Waals surface area (Å²) in [5, 5.41) is 14.2. The van der Waals surface area contributed by atoms with Crippen molar-refractivity contribution in [3.05, 3.63) is 59.3 Å². The Labute approximate surface area is 168 Å². The van der Waals surface area contributed by atoms with E-state index in [1.165, 1.54) is 35.6 Å². The van der Waals surface area contributed by atoms with Crippen LogP contribution in [-0.4, -0.2) is 26.7 Å². The zero-order chi connectivity index (χ0) is 20.1. The lowest BCUT2D eigenvalue weighted by Gasteiger charge is -2.24. The van der Waals surface area contributed by atoms with E-state index in [0.29, 0.717) is 18.4 Å². The van der Waals surface area contributed by atoms with Gasteiger partial charge in [0, 0.05) is 28.7 Å². The molecular formula is C21H17F2N3O2S. The summed E-state index contributed by atoms with van der Waals surface area (Å²) in [5.74, 6) is -1.57. The molecule has 0 saturated carbocycles. The molecule has 0 saturated heterocycles. The van der Waals surface area contributed by atoms with Crippen LogP contribution in [-0.2, 0) is 24.2 Å². The third-order valence-corrected chi connectivity index (χ3v) is 6.37. The first-order chi connectivity index (χ1) is 14.0. The lowest BCUT2D eigenvalue weighted by Crippen LogP contribution is -2.28. The maximum Gasteiger partial charge on any atom is 0.323 e. The number of rotatable bonds is 4. The van der Waals surface area contributed by atoms with Crippen molar-refractivity contribution in [2.45, 2.75) is 31.8 Å². The van der Waals surface area contributed by atoms with Crippen molar-refractivity contribution in [3.8, 4) is 0 Å². The summed E-state index contributed by atoms with van der Waals surface area (Å²) in [6.07, 6.45) is 2.14. The van der Waals surface area contributed by atoms with E-state index < -0.39 is 5.97 Å². The molecule has 0 radical (unpaired) electrons. The van der Waals surface area contributed by atoms with Gasteiger partial charge in [-0.2, -0.15) is 0 Å². The highest BCUT2D eigenvalue weighted by Crippen LogP contribution is 2.35. The largest absolute Gasteiger partial charge is 0.480 e. The Kier molecular flexibility index (Phi) is 4.24. The monoisotopic (exact) mass is 413 g/mol. The molecule has 1 atom stereocenters. The number of aliphatic carboxylic acids is 1. The minimum Gasteiger partial charge on any atom is -0.480 e. The third-order valence-electron chi connectivity index (χ3n) is 5.40. The molecule has 0 fully saturated rings. The fourth-order valence-electron chi connectivity index (χ4n) is 4.20. The zero-order valence-electron chi connectivity index (χ0n) is 15.3. The van der Waals surface area contributed by atoms with Crippen molar-refractivity contribution in [2.24, 2.45) is 0 Å². The molecule has 4 aromatic rings. The molecule has 8 heteroatoms. The summed E-state index contributed by atoms with van der Waals surface area (Å²) in [6, 6.07) is 9.13. The SMILES string of the molecule is O=C(O)Cn1c2c(c3cc(F)ccc31)CC(Nc1nc3cc(F)ccc3s1)CC2. The van der Waals surface area contributed by atoms with E-state index in [-0.39, 0.29) is 24.2 Å². The average molecular weight is 413 g/mol. The van der Waals surface area contributed by atoms with Crippen LogP contribution in [0.3, 0.4) is 0 Å². The van der Waals surface area contributed by atoms with E-state index in [0.717, 1.165) is 38.4 Å². The number of aromatic nitrogens is 2. The predicted octanol–water partition coefficient (Wildman–Crippen LogP) is 4.58. The summed E-state index contributed by atoms with van der Waals surface area (Å²) in [7, 11) is 0. The topological polar surface area (TPSA) is 67.2 Å². The number of carboxylic acids is 1. The van der Waals surface area contributed by atoms with Gasteiger partial charge >= 0.3 is 5.97 Å². The Morgan fingerprint density at radius 1 is 1.24 bits per heavy atom. The number of fused-ring (bicyclic) bond motifs is 4. The second-order valence-electron chi connectivity index (χ2n) is 7.28. The van der Waals surface area contributed by atoms with Gasteiger partial charge in [-0.15, -0.1) is 0 Å². The smallest absolute Gasteiger partial charge is 0.323 e. The fraction of sp³-hybridized carbons (Fsp3) is 0.238. The predicted molar refractivity (Wildman–Crippen MR) is 109 cm³/mol. The lowest BCUT2D eigenvalue weighted by atomic mass is 9.91. The highest BCUT2D eigenvalue weighted by atomic mass is 32.1. The molecule has 2 aromatic carbocycles. The maximum atomic E-state index is 13.9. The molecule has 0 amide bonds. The molecule has 0 aliphatic heterocycles. The third kappa shape index (κ3) is 3.23. The number of thiazole rings is 1. The van der Waals surface area contributed by atoms with Crippen molar-refractivity contribution in [2.75, 3.05) is 5.32 Å². The number of halogens is 2.